The summed E-state index contributed by atoms with van der Waals surface area (Å²) >= 11 is 4.80. The molecular formula is C16H13BrFNO3S. The first-order valence-corrected chi connectivity index (χ1v) is 8.25. The fourth-order valence-corrected chi connectivity index (χ4v) is 2.94. The molecule has 2 rings (SSSR count). The van der Waals surface area contributed by atoms with Gasteiger partial charge >= 0.3 is 5.97 Å². The molecule has 1 amide bonds. The predicted octanol–water partition coefficient (Wildman–Crippen LogP) is 4.23. The largest absolute Gasteiger partial charge is 0.449 e. The third-order valence-corrected chi connectivity index (χ3v) is 4.34. The molecule has 0 radical (unpaired) electrons. The van der Waals surface area contributed by atoms with Crippen molar-refractivity contribution < 1.29 is 18.7 Å². The molecule has 0 aliphatic carbocycles. The van der Waals surface area contributed by atoms with Crippen molar-refractivity contribution in [1.82, 2.24) is 0 Å². The third kappa shape index (κ3) is 5.61. The normalized spacial score (nSPS) is 12.1. The van der Waals surface area contributed by atoms with Gasteiger partial charge in [-0.2, -0.15) is 0 Å². The Kier molecular flexibility index (Phi) is 6.06. The van der Waals surface area contributed by atoms with E-state index in [4.69, 9.17) is 4.74 Å². The van der Waals surface area contributed by atoms with Crippen LogP contribution in [-0.2, 0) is 14.3 Å². The second-order valence-electron chi connectivity index (χ2n) is 4.55. The van der Waals surface area contributed by atoms with Crippen LogP contribution in [0.15, 0.2) is 46.3 Å². The fourth-order valence-electron chi connectivity index (χ4n) is 1.61. The van der Waals surface area contributed by atoms with Crippen LogP contribution in [0.5, 0.6) is 0 Å². The zero-order valence-corrected chi connectivity index (χ0v) is 14.5. The molecule has 4 nitrogen and oxygen atoms in total. The molecule has 0 aliphatic rings. The molecule has 1 atom stereocenters. The van der Waals surface area contributed by atoms with Crippen LogP contribution in [0.3, 0.4) is 0 Å². The molecule has 1 N–H and O–H groups in total. The molecule has 0 fully saturated rings. The molecule has 0 saturated heterocycles. The summed E-state index contributed by atoms with van der Waals surface area (Å²) in [4.78, 5) is 24.5. The number of carbonyl (C=O) groups excluding carboxylic acids is 2. The Morgan fingerprint density at radius 2 is 1.96 bits per heavy atom. The number of benzene rings is 1. The Morgan fingerprint density at radius 1 is 1.26 bits per heavy atom. The lowest BCUT2D eigenvalue weighted by atomic mass is 10.3. The first kappa shape index (κ1) is 17.4. The minimum Gasteiger partial charge on any atom is -0.449 e. The average Bonchev–Trinajstić information content (AvgIpc) is 2.93. The Balaban J connectivity index is 1.86. The molecule has 0 aliphatic heterocycles. The molecule has 0 spiro atoms. The van der Waals surface area contributed by atoms with Gasteiger partial charge in [0.25, 0.3) is 5.91 Å². The van der Waals surface area contributed by atoms with Crippen LogP contribution in [0, 0.1) is 5.82 Å². The first-order valence-electron chi connectivity index (χ1n) is 6.64. The van der Waals surface area contributed by atoms with Gasteiger partial charge in [-0.05, 0) is 65.3 Å². The number of anilines is 1. The number of hydrogen-bond acceptors (Lipinski definition) is 4. The molecule has 0 unspecified atom stereocenters. The van der Waals surface area contributed by atoms with Gasteiger partial charge in [0.15, 0.2) is 6.10 Å². The molecule has 2 aromatic rings. The number of carbonyl (C=O) groups is 2. The third-order valence-electron chi connectivity index (χ3n) is 2.75. The highest BCUT2D eigenvalue weighted by Crippen LogP contribution is 2.23. The van der Waals surface area contributed by atoms with E-state index in [9.17, 15) is 14.0 Å². The summed E-state index contributed by atoms with van der Waals surface area (Å²) in [5.41, 5.74) is 0.429. The quantitative estimate of drug-likeness (QED) is 0.606. The zero-order valence-electron chi connectivity index (χ0n) is 12.1. The summed E-state index contributed by atoms with van der Waals surface area (Å²) in [5, 5.41) is 2.54. The summed E-state index contributed by atoms with van der Waals surface area (Å²) in [7, 11) is 0. The van der Waals surface area contributed by atoms with Crippen LogP contribution in [-0.4, -0.2) is 18.0 Å². The van der Waals surface area contributed by atoms with Crippen molar-refractivity contribution in [1.29, 1.82) is 0 Å². The smallest absolute Gasteiger partial charge is 0.331 e. The zero-order chi connectivity index (χ0) is 16.8. The van der Waals surface area contributed by atoms with Gasteiger partial charge in [-0.3, -0.25) is 4.79 Å². The Morgan fingerprint density at radius 3 is 2.57 bits per heavy atom. The van der Waals surface area contributed by atoms with Gasteiger partial charge in [-0.25, -0.2) is 9.18 Å². The Labute approximate surface area is 145 Å². The van der Waals surface area contributed by atoms with Gasteiger partial charge in [0.1, 0.15) is 5.82 Å². The van der Waals surface area contributed by atoms with Crippen LogP contribution in [0.4, 0.5) is 10.1 Å². The Bertz CT molecular complexity index is 727. The van der Waals surface area contributed by atoms with Crippen LogP contribution < -0.4 is 5.32 Å². The monoisotopic (exact) mass is 397 g/mol. The van der Waals surface area contributed by atoms with Crippen LogP contribution >= 0.6 is 27.3 Å². The van der Waals surface area contributed by atoms with E-state index in [1.54, 1.807) is 6.08 Å². The highest BCUT2D eigenvalue weighted by Gasteiger charge is 2.16. The number of nitrogens with one attached hydrogen (secondary N) is 1. The summed E-state index contributed by atoms with van der Waals surface area (Å²) < 4.78 is 18.8. The fraction of sp³-hybridized carbons (Fsp3) is 0.125. The van der Waals surface area contributed by atoms with E-state index in [1.807, 2.05) is 12.1 Å². The van der Waals surface area contributed by atoms with E-state index in [2.05, 4.69) is 21.2 Å². The van der Waals surface area contributed by atoms with E-state index in [0.29, 0.717) is 5.69 Å². The summed E-state index contributed by atoms with van der Waals surface area (Å²) in [6, 6.07) is 9.03. The predicted molar refractivity (Wildman–Crippen MR) is 91.6 cm³/mol. The molecule has 0 bridgehead atoms. The van der Waals surface area contributed by atoms with Gasteiger partial charge in [-0.1, -0.05) is 0 Å². The van der Waals surface area contributed by atoms with Crippen LogP contribution in [0.1, 0.15) is 11.8 Å². The number of thiophene rings is 1. The number of esters is 1. The number of rotatable bonds is 5. The number of halogens is 2. The summed E-state index contributed by atoms with van der Waals surface area (Å²) in [6.07, 6.45) is 1.91. The van der Waals surface area contributed by atoms with Crippen LogP contribution in [0.2, 0.25) is 0 Å². The molecular weight excluding hydrogens is 385 g/mol. The van der Waals surface area contributed by atoms with E-state index in [1.165, 1.54) is 48.6 Å². The molecule has 23 heavy (non-hydrogen) atoms. The highest BCUT2D eigenvalue weighted by molar-refractivity contribution is 9.11. The maximum Gasteiger partial charge on any atom is 0.331 e. The van der Waals surface area contributed by atoms with Crippen molar-refractivity contribution in [2.45, 2.75) is 13.0 Å². The van der Waals surface area contributed by atoms with E-state index >= 15 is 0 Å². The maximum absolute atomic E-state index is 12.8. The lowest BCUT2D eigenvalue weighted by molar-refractivity contribution is -0.148. The van der Waals surface area contributed by atoms with Crippen LogP contribution in [0.25, 0.3) is 6.08 Å². The molecule has 1 aromatic heterocycles. The van der Waals surface area contributed by atoms with E-state index in [0.717, 1.165) is 8.66 Å². The summed E-state index contributed by atoms with van der Waals surface area (Å²) in [5.74, 6) is -1.50. The standard InChI is InChI=1S/C16H13BrFNO3S/c1-10(16(21)19-12-4-2-11(18)3-5-12)22-15(20)9-7-13-6-8-14(17)23-13/h2-10H,1H3,(H,19,21)/b9-7+/t10-/m1/s1. The Hall–Kier alpha value is -1.99. The van der Waals surface area contributed by atoms with Gasteiger partial charge in [-0.15, -0.1) is 11.3 Å². The van der Waals surface area contributed by atoms with Crippen molar-refractivity contribution in [3.8, 4) is 0 Å². The SMILES string of the molecule is C[C@@H](OC(=O)/C=C/c1ccc(Br)s1)C(=O)Nc1ccc(F)cc1. The minimum absolute atomic E-state index is 0.396. The van der Waals surface area contributed by atoms with Crippen molar-refractivity contribution in [3.05, 3.63) is 57.0 Å². The first-order chi connectivity index (χ1) is 10.9. The summed E-state index contributed by atoms with van der Waals surface area (Å²) in [6.45, 7) is 1.46. The number of ether oxygens (including phenoxy) is 1. The van der Waals surface area contributed by atoms with Crippen molar-refractivity contribution in [2.24, 2.45) is 0 Å². The molecule has 7 heteroatoms. The minimum atomic E-state index is -0.965. The van der Waals surface area contributed by atoms with Crippen molar-refractivity contribution in [2.75, 3.05) is 5.32 Å². The lowest BCUT2D eigenvalue weighted by Crippen LogP contribution is -2.29. The second-order valence-corrected chi connectivity index (χ2v) is 7.05. The molecule has 1 aromatic carbocycles. The van der Waals surface area contributed by atoms with Gasteiger partial charge in [0.2, 0.25) is 0 Å². The number of hydrogen-bond donors (Lipinski definition) is 1. The molecule has 120 valence electrons. The topological polar surface area (TPSA) is 55.4 Å². The maximum atomic E-state index is 12.8. The number of amides is 1. The highest BCUT2D eigenvalue weighted by atomic mass is 79.9. The lowest BCUT2D eigenvalue weighted by Gasteiger charge is -2.12. The van der Waals surface area contributed by atoms with Gasteiger partial charge in [0, 0.05) is 16.6 Å². The van der Waals surface area contributed by atoms with E-state index < -0.39 is 23.8 Å². The molecule has 0 saturated carbocycles. The van der Waals surface area contributed by atoms with E-state index in [-0.39, 0.29) is 0 Å². The van der Waals surface area contributed by atoms with Crippen molar-refractivity contribution >= 4 is 50.9 Å². The van der Waals surface area contributed by atoms with Gasteiger partial charge < -0.3 is 10.1 Å². The van der Waals surface area contributed by atoms with Gasteiger partial charge in [0.05, 0.1) is 3.79 Å². The second kappa shape index (κ2) is 8.03. The van der Waals surface area contributed by atoms with Crippen molar-refractivity contribution in [3.63, 3.8) is 0 Å². The average molecular weight is 398 g/mol. The molecule has 1 heterocycles.